The summed E-state index contributed by atoms with van der Waals surface area (Å²) >= 11 is 11.6. The molecule has 0 aliphatic carbocycles. The molecule has 1 rings (SSSR count). The maximum absolute atomic E-state index is 9.65. The summed E-state index contributed by atoms with van der Waals surface area (Å²) in [5.41, 5.74) is 0. The van der Waals surface area contributed by atoms with Crippen LogP contribution >= 0.6 is 23.2 Å². The maximum Gasteiger partial charge on any atom is 0.121 e. The Hall–Kier alpha value is -0.520. The van der Waals surface area contributed by atoms with Crippen LogP contribution in [-0.4, -0.2) is 42.1 Å². The van der Waals surface area contributed by atoms with Crippen LogP contribution < -0.4 is 10.1 Å². The van der Waals surface area contributed by atoms with Crippen molar-refractivity contribution in [3.05, 3.63) is 28.2 Å². The lowest BCUT2D eigenvalue weighted by Crippen LogP contribution is -2.38. The molecule has 4 nitrogen and oxygen atoms in total. The molecule has 0 radical (unpaired) electrons. The molecule has 1 aromatic carbocycles. The molecule has 2 unspecified atom stereocenters. The van der Waals surface area contributed by atoms with Gasteiger partial charge in [-0.15, -0.1) is 0 Å². The third-order valence-electron chi connectivity index (χ3n) is 2.31. The largest absolute Gasteiger partial charge is 0.491 e. The van der Waals surface area contributed by atoms with Gasteiger partial charge in [0.15, 0.2) is 0 Å². The molecule has 6 heteroatoms. The minimum absolute atomic E-state index is 0.0281. The molecule has 0 fully saturated rings. The van der Waals surface area contributed by atoms with Crippen molar-refractivity contribution in [2.75, 3.05) is 19.8 Å². The molecule has 0 saturated carbocycles. The van der Waals surface area contributed by atoms with Crippen LogP contribution in [0.25, 0.3) is 0 Å². The molecular formula is C12H17Cl2NO3. The van der Waals surface area contributed by atoms with E-state index in [4.69, 9.17) is 33.0 Å². The smallest absolute Gasteiger partial charge is 0.121 e. The number of benzene rings is 1. The summed E-state index contributed by atoms with van der Waals surface area (Å²) in [6.07, 6.45) is -0.659. The molecular weight excluding hydrogens is 277 g/mol. The molecule has 0 aliphatic heterocycles. The van der Waals surface area contributed by atoms with Crippen LogP contribution in [0.5, 0.6) is 5.75 Å². The fourth-order valence-corrected chi connectivity index (χ4v) is 1.51. The van der Waals surface area contributed by atoms with E-state index in [1.54, 1.807) is 18.2 Å². The van der Waals surface area contributed by atoms with E-state index in [-0.39, 0.29) is 19.3 Å². The Morgan fingerprint density at radius 1 is 1.33 bits per heavy atom. The SMILES string of the molecule is CC(CO)NCC(O)COc1ccc(Cl)c(Cl)c1. The number of hydrogen-bond donors (Lipinski definition) is 3. The average molecular weight is 294 g/mol. The van der Waals surface area contributed by atoms with Gasteiger partial charge in [-0.2, -0.15) is 0 Å². The van der Waals surface area contributed by atoms with Crippen LogP contribution in [0.15, 0.2) is 18.2 Å². The van der Waals surface area contributed by atoms with Crippen molar-refractivity contribution in [3.8, 4) is 5.75 Å². The second kappa shape index (κ2) is 7.81. The van der Waals surface area contributed by atoms with Crippen LogP contribution in [0.3, 0.4) is 0 Å². The third kappa shape index (κ3) is 5.42. The highest BCUT2D eigenvalue weighted by Gasteiger charge is 2.08. The normalized spacial score (nSPS) is 14.3. The van der Waals surface area contributed by atoms with E-state index in [1.165, 1.54) is 0 Å². The summed E-state index contributed by atoms with van der Waals surface area (Å²) in [7, 11) is 0. The fraction of sp³-hybridized carbons (Fsp3) is 0.500. The van der Waals surface area contributed by atoms with Crippen LogP contribution in [0.2, 0.25) is 10.0 Å². The highest BCUT2D eigenvalue weighted by molar-refractivity contribution is 6.42. The summed E-state index contributed by atoms with van der Waals surface area (Å²) in [4.78, 5) is 0. The molecule has 1 aromatic rings. The van der Waals surface area contributed by atoms with Crippen molar-refractivity contribution in [3.63, 3.8) is 0 Å². The van der Waals surface area contributed by atoms with Gasteiger partial charge in [-0.1, -0.05) is 23.2 Å². The summed E-state index contributed by atoms with van der Waals surface area (Å²) in [5, 5.41) is 22.3. The second-order valence-electron chi connectivity index (χ2n) is 4.03. The minimum atomic E-state index is -0.659. The molecule has 102 valence electrons. The topological polar surface area (TPSA) is 61.7 Å². The van der Waals surface area contributed by atoms with Gasteiger partial charge in [-0.3, -0.25) is 0 Å². The molecule has 0 heterocycles. The van der Waals surface area contributed by atoms with Crippen molar-refractivity contribution in [2.45, 2.75) is 19.1 Å². The monoisotopic (exact) mass is 293 g/mol. The molecule has 0 amide bonds. The van der Waals surface area contributed by atoms with Gasteiger partial charge in [0.1, 0.15) is 18.5 Å². The van der Waals surface area contributed by atoms with E-state index in [1.807, 2.05) is 6.92 Å². The number of aliphatic hydroxyl groups excluding tert-OH is 2. The first kappa shape index (κ1) is 15.5. The Kier molecular flexibility index (Phi) is 6.75. The Labute approximate surface area is 116 Å². The lowest BCUT2D eigenvalue weighted by atomic mass is 10.3. The third-order valence-corrected chi connectivity index (χ3v) is 3.05. The first-order valence-electron chi connectivity index (χ1n) is 5.63. The molecule has 0 aromatic heterocycles. The van der Waals surface area contributed by atoms with Gasteiger partial charge in [-0.05, 0) is 19.1 Å². The summed E-state index contributed by atoms with van der Waals surface area (Å²) in [5.74, 6) is 0.554. The molecule has 2 atom stereocenters. The molecule has 0 saturated heterocycles. The van der Waals surface area contributed by atoms with E-state index in [0.717, 1.165) is 0 Å². The Bertz CT molecular complexity index is 376. The quantitative estimate of drug-likeness (QED) is 0.716. The Balaban J connectivity index is 2.33. The van der Waals surface area contributed by atoms with Crippen LogP contribution in [-0.2, 0) is 0 Å². The second-order valence-corrected chi connectivity index (χ2v) is 4.85. The standard InChI is InChI=1S/C12H17Cl2NO3/c1-8(6-16)15-5-9(17)7-18-10-2-3-11(13)12(14)4-10/h2-4,8-9,15-17H,5-7H2,1H3. The molecule has 0 aliphatic rings. The lowest BCUT2D eigenvalue weighted by Gasteiger charge is -2.16. The number of hydrogen-bond acceptors (Lipinski definition) is 4. The summed E-state index contributed by atoms with van der Waals surface area (Å²) < 4.78 is 5.37. The highest BCUT2D eigenvalue weighted by atomic mass is 35.5. The molecule has 3 N–H and O–H groups in total. The van der Waals surface area contributed by atoms with Gasteiger partial charge in [0.05, 0.1) is 16.7 Å². The van der Waals surface area contributed by atoms with E-state index in [0.29, 0.717) is 22.3 Å². The van der Waals surface area contributed by atoms with Crippen molar-refractivity contribution in [1.29, 1.82) is 0 Å². The van der Waals surface area contributed by atoms with Gasteiger partial charge in [0, 0.05) is 18.7 Å². The van der Waals surface area contributed by atoms with E-state index in [9.17, 15) is 5.11 Å². The molecule has 18 heavy (non-hydrogen) atoms. The predicted octanol–water partition coefficient (Wildman–Crippen LogP) is 1.70. The zero-order valence-corrected chi connectivity index (χ0v) is 11.6. The van der Waals surface area contributed by atoms with Crippen molar-refractivity contribution >= 4 is 23.2 Å². The van der Waals surface area contributed by atoms with Crippen LogP contribution in [0.4, 0.5) is 0 Å². The number of halogens is 2. The van der Waals surface area contributed by atoms with Gasteiger partial charge in [-0.25, -0.2) is 0 Å². The lowest BCUT2D eigenvalue weighted by molar-refractivity contribution is 0.101. The van der Waals surface area contributed by atoms with Crippen LogP contribution in [0.1, 0.15) is 6.92 Å². The fourth-order valence-electron chi connectivity index (χ4n) is 1.22. The minimum Gasteiger partial charge on any atom is -0.491 e. The Morgan fingerprint density at radius 3 is 2.67 bits per heavy atom. The summed E-state index contributed by atoms with van der Waals surface area (Å²) in [6, 6.07) is 4.87. The van der Waals surface area contributed by atoms with E-state index >= 15 is 0 Å². The number of aliphatic hydroxyl groups is 2. The zero-order valence-electron chi connectivity index (χ0n) is 10.1. The average Bonchev–Trinajstić information content (AvgIpc) is 2.37. The van der Waals surface area contributed by atoms with Crippen molar-refractivity contribution in [1.82, 2.24) is 5.32 Å². The molecule has 0 spiro atoms. The number of nitrogens with one attached hydrogen (secondary N) is 1. The Morgan fingerprint density at radius 2 is 2.06 bits per heavy atom. The first-order valence-corrected chi connectivity index (χ1v) is 6.38. The van der Waals surface area contributed by atoms with Crippen molar-refractivity contribution < 1.29 is 14.9 Å². The first-order chi connectivity index (χ1) is 8.52. The van der Waals surface area contributed by atoms with E-state index < -0.39 is 6.10 Å². The zero-order chi connectivity index (χ0) is 13.5. The predicted molar refractivity (Wildman–Crippen MR) is 72.5 cm³/mol. The van der Waals surface area contributed by atoms with Gasteiger partial charge >= 0.3 is 0 Å². The highest BCUT2D eigenvalue weighted by Crippen LogP contribution is 2.26. The van der Waals surface area contributed by atoms with Gasteiger partial charge in [0.2, 0.25) is 0 Å². The van der Waals surface area contributed by atoms with Crippen molar-refractivity contribution in [2.24, 2.45) is 0 Å². The number of rotatable bonds is 7. The number of ether oxygens (including phenoxy) is 1. The van der Waals surface area contributed by atoms with Crippen LogP contribution in [0, 0.1) is 0 Å². The van der Waals surface area contributed by atoms with Gasteiger partial charge < -0.3 is 20.3 Å². The molecule has 0 bridgehead atoms. The van der Waals surface area contributed by atoms with E-state index in [2.05, 4.69) is 5.32 Å². The maximum atomic E-state index is 9.65. The summed E-state index contributed by atoms with van der Waals surface area (Å²) in [6.45, 7) is 2.35. The van der Waals surface area contributed by atoms with Gasteiger partial charge in [0.25, 0.3) is 0 Å².